The van der Waals surface area contributed by atoms with Crippen molar-refractivity contribution < 1.29 is 13.5 Å². The Hall–Kier alpha value is -0.430. The number of thiophene rings is 1. The van der Waals surface area contributed by atoms with E-state index >= 15 is 0 Å². The van der Waals surface area contributed by atoms with Crippen LogP contribution in [0.3, 0.4) is 0 Å². The molecule has 1 aliphatic rings. The molecule has 4 nitrogen and oxygen atoms in total. The van der Waals surface area contributed by atoms with Gasteiger partial charge in [0.1, 0.15) is 0 Å². The Bertz CT molecular complexity index is 434. The summed E-state index contributed by atoms with van der Waals surface area (Å²) >= 11 is 1.26. The summed E-state index contributed by atoms with van der Waals surface area (Å²) in [6.45, 7) is 0.426. The lowest BCUT2D eigenvalue weighted by Crippen LogP contribution is -2.25. The van der Waals surface area contributed by atoms with Crippen molar-refractivity contribution in [1.29, 1.82) is 0 Å². The second-order valence-corrected chi connectivity index (χ2v) is 6.46. The van der Waals surface area contributed by atoms with Gasteiger partial charge in [-0.15, -0.1) is 11.3 Å². The third-order valence-corrected chi connectivity index (χ3v) is 4.83. The van der Waals surface area contributed by atoms with Gasteiger partial charge in [-0.1, -0.05) is 0 Å². The molecular formula is C9H13NO3S2. The number of rotatable bonds is 5. The van der Waals surface area contributed by atoms with Crippen LogP contribution in [-0.4, -0.2) is 20.1 Å². The molecule has 0 bridgehead atoms. The molecule has 0 spiro atoms. The third-order valence-electron chi connectivity index (χ3n) is 2.35. The quantitative estimate of drug-likeness (QED) is 0.813. The molecule has 84 valence electrons. The summed E-state index contributed by atoms with van der Waals surface area (Å²) in [4.78, 5) is 0.930. The van der Waals surface area contributed by atoms with E-state index in [1.165, 1.54) is 17.4 Å². The largest absolute Gasteiger partial charge is 0.391 e. The number of sulfonamides is 1. The highest BCUT2D eigenvalue weighted by molar-refractivity contribution is 7.89. The molecule has 1 aromatic heterocycles. The maximum absolute atomic E-state index is 11.7. The summed E-state index contributed by atoms with van der Waals surface area (Å²) in [6.07, 6.45) is 2.24. The molecule has 1 aromatic rings. The van der Waals surface area contributed by atoms with Crippen LogP contribution >= 0.6 is 11.3 Å². The zero-order chi connectivity index (χ0) is 10.9. The van der Waals surface area contributed by atoms with Gasteiger partial charge < -0.3 is 5.11 Å². The van der Waals surface area contributed by atoms with Crippen molar-refractivity contribution in [3.8, 4) is 0 Å². The molecule has 1 aliphatic carbocycles. The second-order valence-electron chi connectivity index (χ2n) is 3.70. The van der Waals surface area contributed by atoms with Gasteiger partial charge in [-0.2, -0.15) is 0 Å². The van der Waals surface area contributed by atoms with E-state index in [2.05, 4.69) is 4.72 Å². The van der Waals surface area contributed by atoms with E-state index in [0.29, 0.717) is 17.3 Å². The average molecular weight is 247 g/mol. The van der Waals surface area contributed by atoms with E-state index in [0.717, 1.165) is 12.8 Å². The van der Waals surface area contributed by atoms with Crippen LogP contribution in [0.15, 0.2) is 16.3 Å². The molecule has 0 unspecified atom stereocenters. The van der Waals surface area contributed by atoms with E-state index in [-0.39, 0.29) is 11.5 Å². The van der Waals surface area contributed by atoms with Crippen molar-refractivity contribution in [2.45, 2.75) is 24.3 Å². The Kier molecular flexibility index (Phi) is 3.11. The van der Waals surface area contributed by atoms with Crippen LogP contribution in [0.4, 0.5) is 0 Å². The van der Waals surface area contributed by atoms with Crippen molar-refractivity contribution in [3.05, 3.63) is 16.3 Å². The molecule has 0 radical (unpaired) electrons. The monoisotopic (exact) mass is 247 g/mol. The van der Waals surface area contributed by atoms with E-state index in [1.54, 1.807) is 5.38 Å². The third kappa shape index (κ3) is 2.78. The van der Waals surface area contributed by atoms with E-state index < -0.39 is 10.0 Å². The van der Waals surface area contributed by atoms with Gasteiger partial charge in [0.15, 0.2) is 0 Å². The van der Waals surface area contributed by atoms with Crippen LogP contribution in [0.2, 0.25) is 0 Å². The number of aliphatic hydroxyl groups is 1. The summed E-state index contributed by atoms with van der Waals surface area (Å²) in [5.41, 5.74) is 0. The molecule has 2 N–H and O–H groups in total. The molecule has 1 fully saturated rings. The molecule has 0 atom stereocenters. The lowest BCUT2D eigenvalue weighted by atomic mass is 10.4. The van der Waals surface area contributed by atoms with Crippen molar-refractivity contribution >= 4 is 21.4 Å². The van der Waals surface area contributed by atoms with Crippen LogP contribution in [0.25, 0.3) is 0 Å². The predicted octanol–water partition coefficient (Wildman–Crippen LogP) is 0.929. The summed E-state index contributed by atoms with van der Waals surface area (Å²) in [7, 11) is -3.36. The lowest BCUT2D eigenvalue weighted by molar-refractivity contribution is 0.285. The van der Waals surface area contributed by atoms with Crippen molar-refractivity contribution in [2.75, 3.05) is 6.54 Å². The van der Waals surface area contributed by atoms with Gasteiger partial charge in [-0.05, 0) is 24.8 Å². The van der Waals surface area contributed by atoms with Crippen molar-refractivity contribution in [3.63, 3.8) is 0 Å². The number of hydrogen-bond acceptors (Lipinski definition) is 4. The Balaban J connectivity index is 2.05. The van der Waals surface area contributed by atoms with Gasteiger partial charge in [0.05, 0.1) is 11.5 Å². The van der Waals surface area contributed by atoms with Gasteiger partial charge in [0, 0.05) is 16.8 Å². The predicted molar refractivity (Wildman–Crippen MR) is 58.2 cm³/mol. The zero-order valence-electron chi connectivity index (χ0n) is 8.14. The van der Waals surface area contributed by atoms with E-state index in [9.17, 15) is 8.42 Å². The van der Waals surface area contributed by atoms with E-state index in [1.807, 2.05) is 0 Å². The first-order valence-electron chi connectivity index (χ1n) is 4.80. The van der Waals surface area contributed by atoms with Gasteiger partial charge in [0.2, 0.25) is 10.0 Å². The first-order chi connectivity index (χ1) is 7.12. The van der Waals surface area contributed by atoms with Crippen LogP contribution in [0.1, 0.15) is 17.7 Å². The minimum absolute atomic E-state index is 0.108. The number of aliphatic hydroxyl groups excluding tert-OH is 1. The maximum atomic E-state index is 11.7. The Morgan fingerprint density at radius 3 is 2.80 bits per heavy atom. The van der Waals surface area contributed by atoms with Gasteiger partial charge >= 0.3 is 0 Å². The van der Waals surface area contributed by atoms with Gasteiger partial charge in [0.25, 0.3) is 0 Å². The van der Waals surface area contributed by atoms with Crippen molar-refractivity contribution in [2.24, 2.45) is 5.92 Å². The number of nitrogens with one attached hydrogen (secondary N) is 1. The highest BCUT2D eigenvalue weighted by atomic mass is 32.2. The summed E-state index contributed by atoms with van der Waals surface area (Å²) in [5.74, 6) is 0.524. The molecule has 2 rings (SSSR count). The first-order valence-corrected chi connectivity index (χ1v) is 7.16. The molecule has 1 heterocycles. The fraction of sp³-hybridized carbons (Fsp3) is 0.556. The highest BCUT2D eigenvalue weighted by Gasteiger charge is 2.24. The van der Waals surface area contributed by atoms with Crippen LogP contribution in [-0.2, 0) is 16.6 Å². The highest BCUT2D eigenvalue weighted by Crippen LogP contribution is 2.28. The van der Waals surface area contributed by atoms with Crippen molar-refractivity contribution in [1.82, 2.24) is 4.72 Å². The molecule has 0 amide bonds. The fourth-order valence-corrected chi connectivity index (χ4v) is 3.47. The van der Waals surface area contributed by atoms with Crippen LogP contribution < -0.4 is 4.72 Å². The molecule has 15 heavy (non-hydrogen) atoms. The lowest BCUT2D eigenvalue weighted by Gasteiger charge is -2.02. The SMILES string of the molecule is O=S(=O)(NCC1CC1)c1csc(CO)c1. The summed E-state index contributed by atoms with van der Waals surface area (Å²) in [6, 6.07) is 1.51. The molecule has 0 aliphatic heterocycles. The topological polar surface area (TPSA) is 66.4 Å². The minimum Gasteiger partial charge on any atom is -0.391 e. The summed E-state index contributed by atoms with van der Waals surface area (Å²) < 4.78 is 26.0. The molecule has 6 heteroatoms. The molecule has 1 saturated carbocycles. The molecule has 0 aromatic carbocycles. The Morgan fingerprint density at radius 2 is 2.27 bits per heavy atom. The maximum Gasteiger partial charge on any atom is 0.241 e. The van der Waals surface area contributed by atoms with Crippen LogP contribution in [0, 0.1) is 5.92 Å². The van der Waals surface area contributed by atoms with Gasteiger partial charge in [-0.25, -0.2) is 13.1 Å². The number of hydrogen-bond donors (Lipinski definition) is 2. The Morgan fingerprint density at radius 1 is 1.53 bits per heavy atom. The normalized spacial score (nSPS) is 16.9. The smallest absolute Gasteiger partial charge is 0.241 e. The Labute approximate surface area is 93.0 Å². The average Bonchev–Trinajstić information content (AvgIpc) is 2.90. The minimum atomic E-state index is -3.36. The van der Waals surface area contributed by atoms with Gasteiger partial charge in [-0.3, -0.25) is 0 Å². The standard InChI is InChI=1S/C9H13NO3S2/c11-5-8-3-9(6-14-8)15(12,13)10-4-7-1-2-7/h3,6-7,10-11H,1-2,4-5H2. The second kappa shape index (κ2) is 4.21. The van der Waals surface area contributed by atoms with E-state index in [4.69, 9.17) is 5.11 Å². The fourth-order valence-electron chi connectivity index (χ4n) is 1.22. The zero-order valence-corrected chi connectivity index (χ0v) is 9.77. The van der Waals surface area contributed by atoms with Crippen LogP contribution in [0.5, 0.6) is 0 Å². The first kappa shape index (κ1) is 11.1. The molecule has 0 saturated heterocycles. The summed E-state index contributed by atoms with van der Waals surface area (Å²) in [5, 5.41) is 10.4. The molecular weight excluding hydrogens is 234 g/mol.